The Kier molecular flexibility index (Phi) is 4.25. The first-order valence-electron chi connectivity index (χ1n) is 8.47. The molecular formula is C20H18O5S. The number of hydrogen-bond acceptors (Lipinski definition) is 6. The van der Waals surface area contributed by atoms with Crippen molar-refractivity contribution in [2.45, 2.75) is 23.9 Å². The van der Waals surface area contributed by atoms with Crippen molar-refractivity contribution in [2.24, 2.45) is 0 Å². The highest BCUT2D eigenvalue weighted by atomic mass is 32.2. The first-order valence-corrected chi connectivity index (χ1v) is 9.52. The summed E-state index contributed by atoms with van der Waals surface area (Å²) in [4.78, 5) is 24.9. The number of esters is 1. The molecule has 2 aromatic carbocycles. The molecule has 2 aliphatic rings. The number of ether oxygens (including phenoxy) is 2. The average molecular weight is 370 g/mol. The van der Waals surface area contributed by atoms with Crippen molar-refractivity contribution in [3.63, 3.8) is 0 Å². The van der Waals surface area contributed by atoms with E-state index in [1.54, 1.807) is 49.4 Å². The zero-order chi connectivity index (χ0) is 18.3. The lowest BCUT2D eigenvalue weighted by atomic mass is 9.84. The molecule has 0 aliphatic carbocycles. The zero-order valence-corrected chi connectivity index (χ0v) is 15.0. The Morgan fingerprint density at radius 1 is 1.27 bits per heavy atom. The maximum absolute atomic E-state index is 13.1. The number of carbonyl (C=O) groups is 2. The van der Waals surface area contributed by atoms with Gasteiger partial charge in [0.25, 0.3) is 0 Å². The fraction of sp³-hybridized carbons (Fsp3) is 0.300. The van der Waals surface area contributed by atoms with E-state index in [2.05, 4.69) is 0 Å². The van der Waals surface area contributed by atoms with Gasteiger partial charge in [-0.05, 0) is 36.8 Å². The smallest absolute Gasteiger partial charge is 0.338 e. The predicted molar refractivity (Wildman–Crippen MR) is 97.7 cm³/mol. The highest BCUT2D eigenvalue weighted by molar-refractivity contribution is 8.00. The molecule has 0 radical (unpaired) electrons. The van der Waals surface area contributed by atoms with E-state index in [0.29, 0.717) is 29.2 Å². The van der Waals surface area contributed by atoms with E-state index in [9.17, 15) is 14.7 Å². The van der Waals surface area contributed by atoms with Gasteiger partial charge in [0.05, 0.1) is 23.0 Å². The third kappa shape index (κ3) is 2.44. The Bertz CT molecular complexity index is 863. The van der Waals surface area contributed by atoms with Crippen LogP contribution in [0.2, 0.25) is 0 Å². The number of rotatable bonds is 3. The van der Waals surface area contributed by atoms with E-state index in [-0.39, 0.29) is 17.0 Å². The van der Waals surface area contributed by atoms with Crippen LogP contribution >= 0.6 is 11.8 Å². The van der Waals surface area contributed by atoms with Crippen LogP contribution in [0.3, 0.4) is 0 Å². The molecule has 0 unspecified atom stereocenters. The van der Waals surface area contributed by atoms with Crippen LogP contribution in [0.5, 0.6) is 5.75 Å². The summed E-state index contributed by atoms with van der Waals surface area (Å²) >= 11 is 1.49. The van der Waals surface area contributed by atoms with Crippen molar-refractivity contribution in [2.75, 3.05) is 12.4 Å². The normalized spacial score (nSPS) is 26.6. The molecule has 0 aromatic heterocycles. The van der Waals surface area contributed by atoms with Gasteiger partial charge in [0, 0.05) is 5.75 Å². The minimum Gasteiger partial charge on any atom is -0.474 e. The number of carbonyl (C=O) groups excluding carboxylic acids is 2. The molecule has 5 nitrogen and oxygen atoms in total. The van der Waals surface area contributed by atoms with Gasteiger partial charge in [0.1, 0.15) is 11.9 Å². The van der Waals surface area contributed by atoms with Crippen LogP contribution in [-0.2, 0) is 4.74 Å². The summed E-state index contributed by atoms with van der Waals surface area (Å²) in [5, 5.41) is 10.3. The average Bonchev–Trinajstić information content (AvgIpc) is 3.14. The number of benzene rings is 2. The van der Waals surface area contributed by atoms with Gasteiger partial charge in [-0.3, -0.25) is 4.79 Å². The van der Waals surface area contributed by atoms with E-state index >= 15 is 0 Å². The highest BCUT2D eigenvalue weighted by Gasteiger charge is 2.62. The number of aliphatic hydroxyl groups excluding tert-OH is 1. The summed E-state index contributed by atoms with van der Waals surface area (Å²) in [5.74, 6) is 0.343. The second kappa shape index (κ2) is 6.45. The van der Waals surface area contributed by atoms with Gasteiger partial charge >= 0.3 is 5.97 Å². The van der Waals surface area contributed by atoms with Gasteiger partial charge in [-0.25, -0.2) is 4.79 Å². The fourth-order valence-corrected chi connectivity index (χ4v) is 5.07. The number of para-hydroxylation sites is 1. The summed E-state index contributed by atoms with van der Waals surface area (Å²) < 4.78 is 11.1. The molecule has 2 aliphatic heterocycles. The van der Waals surface area contributed by atoms with E-state index < -0.39 is 11.7 Å². The molecule has 134 valence electrons. The lowest BCUT2D eigenvalue weighted by Gasteiger charge is -2.31. The second-order valence-electron chi connectivity index (χ2n) is 6.29. The van der Waals surface area contributed by atoms with Crippen molar-refractivity contribution >= 4 is 23.5 Å². The minimum absolute atomic E-state index is 0.190. The molecule has 3 atom stereocenters. The lowest BCUT2D eigenvalue weighted by Crippen LogP contribution is -2.51. The Balaban J connectivity index is 1.69. The lowest BCUT2D eigenvalue weighted by molar-refractivity contribution is -0.00801. The van der Waals surface area contributed by atoms with Gasteiger partial charge in [-0.2, -0.15) is 0 Å². The van der Waals surface area contributed by atoms with Crippen molar-refractivity contribution < 1.29 is 24.2 Å². The van der Waals surface area contributed by atoms with Crippen LogP contribution in [-0.4, -0.2) is 40.9 Å². The fourth-order valence-electron chi connectivity index (χ4n) is 3.54. The predicted octanol–water partition coefficient (Wildman–Crippen LogP) is 3.03. The van der Waals surface area contributed by atoms with Gasteiger partial charge < -0.3 is 14.6 Å². The Hall–Kier alpha value is -2.31. The minimum atomic E-state index is -1.32. The molecule has 0 bridgehead atoms. The highest BCUT2D eigenvalue weighted by Crippen LogP contribution is 2.54. The van der Waals surface area contributed by atoms with Gasteiger partial charge in [-0.15, -0.1) is 11.8 Å². The van der Waals surface area contributed by atoms with E-state index in [4.69, 9.17) is 9.47 Å². The van der Waals surface area contributed by atoms with Crippen molar-refractivity contribution in [3.05, 3.63) is 65.2 Å². The Labute approximate surface area is 155 Å². The van der Waals surface area contributed by atoms with Crippen LogP contribution in [0, 0.1) is 0 Å². The topological polar surface area (TPSA) is 72.8 Å². The molecule has 1 fully saturated rings. The van der Waals surface area contributed by atoms with Gasteiger partial charge in [-0.1, -0.05) is 24.3 Å². The molecule has 2 aromatic rings. The molecule has 0 amide bonds. The summed E-state index contributed by atoms with van der Waals surface area (Å²) in [6.45, 7) is 2.07. The third-order valence-electron chi connectivity index (χ3n) is 4.80. The number of Topliss-reactive ketones (excluding diaryl/α,β-unsaturated/α-hetero) is 1. The van der Waals surface area contributed by atoms with Crippen LogP contribution in [0.4, 0.5) is 0 Å². The van der Waals surface area contributed by atoms with Gasteiger partial charge in [0.15, 0.2) is 0 Å². The summed E-state index contributed by atoms with van der Waals surface area (Å²) in [6, 6.07) is 14.0. The van der Waals surface area contributed by atoms with Crippen molar-refractivity contribution in [1.82, 2.24) is 0 Å². The van der Waals surface area contributed by atoms with E-state index in [1.807, 2.05) is 6.07 Å². The molecule has 1 N–H and O–H groups in total. The number of thioether (sulfide) groups is 1. The van der Waals surface area contributed by atoms with Crippen LogP contribution in [0.25, 0.3) is 0 Å². The third-order valence-corrected chi connectivity index (χ3v) is 6.26. The van der Waals surface area contributed by atoms with Crippen LogP contribution < -0.4 is 4.74 Å². The summed E-state index contributed by atoms with van der Waals surface area (Å²) in [6.07, 6.45) is -0.901. The Morgan fingerprint density at radius 2 is 2.00 bits per heavy atom. The molecule has 1 spiro atoms. The second-order valence-corrected chi connectivity index (χ2v) is 7.43. The largest absolute Gasteiger partial charge is 0.474 e. The standard InChI is InChI=1S/C20H18O5S/c1-2-24-19(23)13-9-7-12(8-10-13)18-20(16(21)11-26-18)17(22)14-5-3-4-6-15(14)25-20/h3-10,16,18,21H,2,11H2,1H3/t16-,18-,20+/m0/s1. The molecular weight excluding hydrogens is 352 g/mol. The summed E-state index contributed by atoms with van der Waals surface area (Å²) in [5.41, 5.74) is 0.470. The molecule has 2 heterocycles. The van der Waals surface area contributed by atoms with Crippen molar-refractivity contribution in [3.8, 4) is 5.75 Å². The maximum Gasteiger partial charge on any atom is 0.338 e. The molecule has 6 heteroatoms. The molecule has 26 heavy (non-hydrogen) atoms. The first-order chi connectivity index (χ1) is 12.6. The number of aliphatic hydroxyl groups is 1. The first kappa shape index (κ1) is 17.1. The van der Waals surface area contributed by atoms with Crippen LogP contribution in [0.1, 0.15) is 38.5 Å². The van der Waals surface area contributed by atoms with E-state index in [0.717, 1.165) is 5.56 Å². The number of fused-ring (bicyclic) bond motifs is 1. The number of hydrogen-bond donors (Lipinski definition) is 1. The number of ketones is 1. The summed E-state index contributed by atoms with van der Waals surface area (Å²) in [7, 11) is 0. The van der Waals surface area contributed by atoms with E-state index in [1.165, 1.54) is 11.8 Å². The molecule has 0 saturated carbocycles. The zero-order valence-electron chi connectivity index (χ0n) is 14.2. The monoisotopic (exact) mass is 370 g/mol. The SMILES string of the molecule is CCOC(=O)c1ccc([C@@H]2SC[C@H](O)[C@]23Oc2ccccc2C3=O)cc1. The maximum atomic E-state index is 13.1. The van der Waals surface area contributed by atoms with Crippen molar-refractivity contribution in [1.29, 1.82) is 0 Å². The molecule has 1 saturated heterocycles. The molecule has 4 rings (SSSR count). The van der Waals surface area contributed by atoms with Crippen LogP contribution in [0.15, 0.2) is 48.5 Å². The van der Waals surface area contributed by atoms with Gasteiger partial charge in [0.2, 0.25) is 11.4 Å². The Morgan fingerprint density at radius 3 is 2.69 bits per heavy atom. The quantitative estimate of drug-likeness (QED) is 0.838.